The van der Waals surface area contributed by atoms with E-state index in [1.807, 2.05) is 0 Å². The molecule has 15 heteroatoms. The Labute approximate surface area is 276 Å². The fraction of sp³-hybridized carbons (Fsp3) is 0.273. The Kier molecular flexibility index (Phi) is 13.4. The molecule has 48 heavy (non-hydrogen) atoms. The van der Waals surface area contributed by atoms with Gasteiger partial charge >= 0.3 is 0 Å². The fourth-order valence-corrected chi connectivity index (χ4v) is 4.71. The van der Waals surface area contributed by atoms with E-state index in [0.29, 0.717) is 11.1 Å². The number of rotatable bonds is 17. The lowest BCUT2D eigenvalue weighted by molar-refractivity contribution is -0.135. The minimum absolute atomic E-state index is 0.0237. The number of aromatic hydroxyl groups is 2. The topological polar surface area (TPSA) is 269 Å². The Morgan fingerprint density at radius 2 is 0.938 bits per heavy atom. The average Bonchev–Trinajstić information content (AvgIpc) is 3.05. The van der Waals surface area contributed by atoms with E-state index < -0.39 is 72.6 Å². The first-order valence-electron chi connectivity index (χ1n) is 14.9. The number of amides is 6. The summed E-state index contributed by atoms with van der Waals surface area (Å²) < 4.78 is 0. The van der Waals surface area contributed by atoms with Gasteiger partial charge in [-0.15, -0.1) is 0 Å². The van der Waals surface area contributed by atoms with Crippen LogP contribution in [-0.4, -0.2) is 76.4 Å². The van der Waals surface area contributed by atoms with Gasteiger partial charge in [-0.2, -0.15) is 0 Å². The third kappa shape index (κ3) is 11.8. The lowest BCUT2D eigenvalue weighted by atomic mass is 10.0. The number of primary amides is 2. The zero-order valence-electron chi connectivity index (χ0n) is 25.9. The molecular weight excluding hydrogens is 622 g/mol. The summed E-state index contributed by atoms with van der Waals surface area (Å²) in [5.41, 5.74) is 18.0. The molecule has 4 atom stereocenters. The number of nitrogens with one attached hydrogen (secondary N) is 4. The van der Waals surface area contributed by atoms with Crippen LogP contribution in [0.15, 0.2) is 78.9 Å². The van der Waals surface area contributed by atoms with Gasteiger partial charge in [-0.05, 0) is 41.0 Å². The molecule has 0 bridgehead atoms. The zero-order valence-corrected chi connectivity index (χ0v) is 25.9. The van der Waals surface area contributed by atoms with Crippen molar-refractivity contribution in [3.05, 3.63) is 95.6 Å². The number of carbonyl (C=O) groups excluding carboxylic acids is 6. The van der Waals surface area contributed by atoms with Crippen molar-refractivity contribution < 1.29 is 39.0 Å². The van der Waals surface area contributed by atoms with E-state index in [1.54, 1.807) is 42.5 Å². The largest absolute Gasteiger partial charge is 0.508 e. The highest BCUT2D eigenvalue weighted by Crippen LogP contribution is 2.14. The fourth-order valence-electron chi connectivity index (χ4n) is 4.71. The number of phenols is 2. The van der Waals surface area contributed by atoms with Crippen LogP contribution in [0.5, 0.6) is 11.5 Å². The lowest BCUT2D eigenvalue weighted by Gasteiger charge is -2.26. The Morgan fingerprint density at radius 1 is 0.542 bits per heavy atom. The molecule has 3 aromatic rings. The highest BCUT2D eigenvalue weighted by molar-refractivity contribution is 5.97. The van der Waals surface area contributed by atoms with Crippen molar-refractivity contribution in [3.8, 4) is 11.5 Å². The number of nitrogens with two attached hydrogens (primary N) is 3. The molecule has 0 aliphatic heterocycles. The van der Waals surface area contributed by atoms with Crippen LogP contribution in [0.2, 0.25) is 0 Å². The second kappa shape index (κ2) is 17.7. The minimum Gasteiger partial charge on any atom is -0.508 e. The van der Waals surface area contributed by atoms with Crippen molar-refractivity contribution in [2.45, 2.75) is 49.9 Å². The van der Waals surface area contributed by atoms with E-state index in [-0.39, 0.29) is 30.8 Å². The van der Waals surface area contributed by atoms with E-state index in [9.17, 15) is 39.0 Å². The Bertz CT molecular complexity index is 1580. The standard InChI is InChI=1S/C33H39N7O8/c34-18-29(44)37-27(17-28(35)43)33(48)40-26(16-21-8-12-23(42)13-9-21)32(47)39-25(15-20-6-10-22(41)11-7-20)31(46)38-24(30(36)45)14-19-4-2-1-3-5-19/h1-13,24-27,41-42H,14-18,34H2,(H2,35,43)(H2,36,45)(H,37,44)(H,38,46)(H,39,47)(H,40,48). The van der Waals surface area contributed by atoms with E-state index >= 15 is 0 Å². The molecule has 0 radical (unpaired) electrons. The van der Waals surface area contributed by atoms with Gasteiger partial charge in [0.2, 0.25) is 35.4 Å². The Morgan fingerprint density at radius 3 is 1.35 bits per heavy atom. The average molecular weight is 662 g/mol. The van der Waals surface area contributed by atoms with Crippen molar-refractivity contribution in [3.63, 3.8) is 0 Å². The number of phenolic OH excluding ortho intramolecular Hbond substituents is 2. The van der Waals surface area contributed by atoms with Crippen LogP contribution in [0.4, 0.5) is 0 Å². The van der Waals surface area contributed by atoms with Crippen molar-refractivity contribution in [2.24, 2.45) is 17.2 Å². The first-order chi connectivity index (χ1) is 22.8. The van der Waals surface area contributed by atoms with Crippen molar-refractivity contribution in [1.29, 1.82) is 0 Å². The predicted octanol–water partition coefficient (Wildman–Crippen LogP) is -1.62. The van der Waals surface area contributed by atoms with Gasteiger partial charge in [-0.3, -0.25) is 28.8 Å². The minimum atomic E-state index is -1.46. The molecule has 0 saturated heterocycles. The molecule has 3 rings (SSSR count). The Balaban J connectivity index is 1.91. The van der Waals surface area contributed by atoms with Crippen molar-refractivity contribution in [1.82, 2.24) is 21.3 Å². The number of hydrogen-bond donors (Lipinski definition) is 9. The molecule has 12 N–H and O–H groups in total. The molecule has 0 fully saturated rings. The quantitative estimate of drug-likeness (QED) is 0.0804. The van der Waals surface area contributed by atoms with Crippen LogP contribution in [0.3, 0.4) is 0 Å². The van der Waals surface area contributed by atoms with Gasteiger partial charge in [0.1, 0.15) is 35.7 Å². The second-order valence-electron chi connectivity index (χ2n) is 11.0. The first kappa shape index (κ1) is 36.5. The SMILES string of the molecule is NCC(=O)NC(CC(N)=O)C(=O)NC(Cc1ccc(O)cc1)C(=O)NC(Cc1ccc(O)cc1)C(=O)NC(Cc1ccccc1)C(N)=O. The monoisotopic (exact) mass is 661 g/mol. The summed E-state index contributed by atoms with van der Waals surface area (Å²) in [6.07, 6.45) is -0.743. The lowest BCUT2D eigenvalue weighted by Crippen LogP contribution is -2.59. The molecule has 0 aromatic heterocycles. The van der Waals surface area contributed by atoms with Crippen molar-refractivity contribution >= 4 is 35.4 Å². The van der Waals surface area contributed by atoms with E-state index in [2.05, 4.69) is 21.3 Å². The molecule has 6 amide bonds. The first-order valence-corrected chi connectivity index (χ1v) is 14.9. The molecule has 15 nitrogen and oxygen atoms in total. The summed E-state index contributed by atoms with van der Waals surface area (Å²) in [6, 6.07) is 15.2. The van der Waals surface area contributed by atoms with Crippen LogP contribution in [0, 0.1) is 0 Å². The summed E-state index contributed by atoms with van der Waals surface area (Å²) in [5, 5.41) is 29.5. The summed E-state index contributed by atoms with van der Waals surface area (Å²) in [4.78, 5) is 76.7. The molecular formula is C33H39N7O8. The van der Waals surface area contributed by atoms with Gasteiger partial charge in [0.05, 0.1) is 13.0 Å². The maximum atomic E-state index is 13.9. The Hall–Kier alpha value is -5.96. The highest BCUT2D eigenvalue weighted by Gasteiger charge is 2.32. The van der Waals surface area contributed by atoms with Crippen LogP contribution in [0.1, 0.15) is 23.1 Å². The van der Waals surface area contributed by atoms with Gasteiger partial charge < -0.3 is 48.7 Å². The van der Waals surface area contributed by atoms with Crippen LogP contribution >= 0.6 is 0 Å². The maximum absolute atomic E-state index is 13.9. The van der Waals surface area contributed by atoms with Gasteiger partial charge in [-0.25, -0.2) is 0 Å². The number of carbonyl (C=O) groups is 6. The smallest absolute Gasteiger partial charge is 0.243 e. The van der Waals surface area contributed by atoms with Crippen LogP contribution in [-0.2, 0) is 48.0 Å². The molecule has 0 spiro atoms. The van der Waals surface area contributed by atoms with Crippen LogP contribution < -0.4 is 38.5 Å². The molecule has 254 valence electrons. The second-order valence-corrected chi connectivity index (χ2v) is 11.0. The van der Waals surface area contributed by atoms with Gasteiger partial charge in [0.15, 0.2) is 0 Å². The van der Waals surface area contributed by atoms with E-state index in [1.165, 1.54) is 36.4 Å². The number of benzene rings is 3. The van der Waals surface area contributed by atoms with Gasteiger partial charge in [0, 0.05) is 19.3 Å². The maximum Gasteiger partial charge on any atom is 0.243 e. The van der Waals surface area contributed by atoms with Gasteiger partial charge in [0.25, 0.3) is 0 Å². The molecule has 0 heterocycles. The zero-order chi connectivity index (χ0) is 35.2. The summed E-state index contributed by atoms with van der Waals surface area (Å²) in [5.74, 6) is -5.04. The van der Waals surface area contributed by atoms with Crippen molar-refractivity contribution in [2.75, 3.05) is 6.54 Å². The molecule has 0 aliphatic carbocycles. The summed E-state index contributed by atoms with van der Waals surface area (Å²) >= 11 is 0. The highest BCUT2D eigenvalue weighted by atomic mass is 16.3. The molecule has 4 unspecified atom stereocenters. The number of hydrogen-bond acceptors (Lipinski definition) is 9. The normalized spacial score (nSPS) is 13.2. The van der Waals surface area contributed by atoms with Crippen LogP contribution in [0.25, 0.3) is 0 Å². The molecule has 3 aromatic carbocycles. The predicted molar refractivity (Wildman–Crippen MR) is 174 cm³/mol. The summed E-state index contributed by atoms with van der Waals surface area (Å²) in [6.45, 7) is -0.482. The van der Waals surface area contributed by atoms with E-state index in [0.717, 1.165) is 5.56 Å². The molecule has 0 saturated carbocycles. The third-order valence-corrected chi connectivity index (χ3v) is 7.20. The van der Waals surface area contributed by atoms with Gasteiger partial charge in [-0.1, -0.05) is 54.6 Å². The molecule has 0 aliphatic rings. The summed E-state index contributed by atoms with van der Waals surface area (Å²) in [7, 11) is 0. The third-order valence-electron chi connectivity index (χ3n) is 7.20. The van der Waals surface area contributed by atoms with E-state index in [4.69, 9.17) is 17.2 Å².